The molecule has 25 heavy (non-hydrogen) atoms. The lowest BCUT2D eigenvalue weighted by Crippen LogP contribution is -2.38. The van der Waals surface area contributed by atoms with Gasteiger partial charge in [-0.3, -0.25) is 10.1 Å². The maximum Gasteiger partial charge on any atom is 0.321 e. The monoisotopic (exact) mass is 402 g/mol. The Morgan fingerprint density at radius 1 is 1.28 bits per heavy atom. The smallest absolute Gasteiger partial charge is 0.321 e. The van der Waals surface area contributed by atoms with Crippen LogP contribution in [0.3, 0.4) is 0 Å². The molecular formula is C19H19BrN2O3. The van der Waals surface area contributed by atoms with Crippen molar-refractivity contribution in [2.24, 2.45) is 0 Å². The highest BCUT2D eigenvalue weighted by molar-refractivity contribution is 9.10. The number of aromatic nitrogens is 1. The number of H-pyrrole nitrogens is 1. The van der Waals surface area contributed by atoms with Crippen LogP contribution in [0.25, 0.3) is 10.9 Å². The Hall–Kier alpha value is -2.31. The topological polar surface area (TPSA) is 74.3 Å². The summed E-state index contributed by atoms with van der Waals surface area (Å²) in [6, 6.07) is 12.9. The van der Waals surface area contributed by atoms with Gasteiger partial charge in [0, 0.05) is 40.1 Å². The van der Waals surface area contributed by atoms with Gasteiger partial charge in [-0.2, -0.15) is 0 Å². The van der Waals surface area contributed by atoms with Crippen LogP contribution in [0.2, 0.25) is 0 Å². The number of carbonyl (C=O) groups is 1. The molecule has 0 radical (unpaired) electrons. The molecule has 1 aromatic heterocycles. The van der Waals surface area contributed by atoms with E-state index in [2.05, 4.69) is 26.2 Å². The zero-order chi connectivity index (χ0) is 17.8. The number of methoxy groups -OCH3 is 1. The van der Waals surface area contributed by atoms with Gasteiger partial charge in [0.2, 0.25) is 0 Å². The molecule has 6 heteroatoms. The van der Waals surface area contributed by atoms with E-state index in [9.17, 15) is 9.90 Å². The molecule has 130 valence electrons. The highest BCUT2D eigenvalue weighted by Crippen LogP contribution is 2.23. The van der Waals surface area contributed by atoms with Gasteiger partial charge < -0.3 is 14.8 Å². The number of halogens is 1. The minimum Gasteiger partial charge on any atom is -0.496 e. The van der Waals surface area contributed by atoms with Gasteiger partial charge in [0.05, 0.1) is 7.11 Å². The molecule has 0 saturated carbocycles. The Balaban J connectivity index is 1.76. The van der Waals surface area contributed by atoms with Gasteiger partial charge in [0.25, 0.3) is 0 Å². The lowest BCUT2D eigenvalue weighted by molar-refractivity contribution is -0.139. The molecule has 0 saturated heterocycles. The van der Waals surface area contributed by atoms with Crippen LogP contribution in [0.5, 0.6) is 5.75 Å². The Labute approximate surface area is 154 Å². The van der Waals surface area contributed by atoms with E-state index in [1.165, 1.54) is 0 Å². The number of nitrogens with one attached hydrogen (secondary N) is 2. The summed E-state index contributed by atoms with van der Waals surface area (Å²) in [7, 11) is 1.60. The van der Waals surface area contributed by atoms with Gasteiger partial charge >= 0.3 is 5.97 Å². The number of para-hydroxylation sites is 1. The third-order valence-corrected chi connectivity index (χ3v) is 4.67. The van der Waals surface area contributed by atoms with Crippen LogP contribution in [-0.4, -0.2) is 29.2 Å². The minimum atomic E-state index is -0.876. The summed E-state index contributed by atoms with van der Waals surface area (Å²) in [6.07, 6.45) is 2.28. The summed E-state index contributed by atoms with van der Waals surface area (Å²) in [5.41, 5.74) is 2.90. The number of hydrogen-bond acceptors (Lipinski definition) is 3. The van der Waals surface area contributed by atoms with Crippen LogP contribution in [0.15, 0.2) is 53.1 Å². The number of benzene rings is 2. The first-order chi connectivity index (χ1) is 12.1. The fourth-order valence-corrected chi connectivity index (χ4v) is 3.29. The van der Waals surface area contributed by atoms with Gasteiger partial charge in [-0.15, -0.1) is 0 Å². The number of carboxylic acid groups (broad SMARTS) is 1. The quantitative estimate of drug-likeness (QED) is 0.562. The molecule has 1 heterocycles. The van der Waals surface area contributed by atoms with E-state index in [4.69, 9.17) is 4.74 Å². The highest BCUT2D eigenvalue weighted by atomic mass is 79.9. The predicted molar refractivity (Wildman–Crippen MR) is 101 cm³/mol. The molecule has 0 aliphatic heterocycles. The lowest BCUT2D eigenvalue weighted by Gasteiger charge is -2.16. The van der Waals surface area contributed by atoms with E-state index in [1.54, 1.807) is 7.11 Å². The van der Waals surface area contributed by atoms with Gasteiger partial charge in [-0.05, 0) is 29.8 Å². The van der Waals surface area contributed by atoms with Gasteiger partial charge in [-0.1, -0.05) is 34.1 Å². The summed E-state index contributed by atoms with van der Waals surface area (Å²) >= 11 is 3.43. The van der Waals surface area contributed by atoms with Crippen molar-refractivity contribution in [2.45, 2.75) is 19.0 Å². The number of ether oxygens (including phenoxy) is 1. The van der Waals surface area contributed by atoms with Crippen molar-refractivity contribution in [3.8, 4) is 5.75 Å². The molecular weight excluding hydrogens is 384 g/mol. The van der Waals surface area contributed by atoms with Crippen LogP contribution in [0.1, 0.15) is 11.1 Å². The normalized spacial score (nSPS) is 12.2. The number of carboxylic acids is 1. The largest absolute Gasteiger partial charge is 0.496 e. The maximum absolute atomic E-state index is 11.7. The molecule has 5 nitrogen and oxygen atoms in total. The SMILES string of the molecule is COc1ccc(Br)cc1CN[C@@H](Cc1c[nH]c2ccccc12)C(=O)O. The first-order valence-electron chi connectivity index (χ1n) is 7.92. The minimum absolute atomic E-state index is 0.398. The third kappa shape index (κ3) is 4.03. The second-order valence-electron chi connectivity index (χ2n) is 5.79. The van der Waals surface area contributed by atoms with Gasteiger partial charge in [0.15, 0.2) is 0 Å². The van der Waals surface area contributed by atoms with E-state index < -0.39 is 12.0 Å². The lowest BCUT2D eigenvalue weighted by atomic mass is 10.0. The van der Waals surface area contributed by atoms with E-state index >= 15 is 0 Å². The number of aromatic amines is 1. The van der Waals surface area contributed by atoms with Crippen LogP contribution < -0.4 is 10.1 Å². The van der Waals surface area contributed by atoms with Crippen LogP contribution in [0, 0.1) is 0 Å². The molecule has 0 aliphatic carbocycles. The fourth-order valence-electron chi connectivity index (χ4n) is 2.89. The van der Waals surface area contributed by atoms with Crippen molar-refractivity contribution < 1.29 is 14.6 Å². The van der Waals surface area contributed by atoms with E-state index in [1.807, 2.05) is 48.7 Å². The van der Waals surface area contributed by atoms with Crippen LogP contribution in [-0.2, 0) is 17.8 Å². The molecule has 0 spiro atoms. The van der Waals surface area contributed by atoms with E-state index in [0.29, 0.717) is 13.0 Å². The highest BCUT2D eigenvalue weighted by Gasteiger charge is 2.20. The third-order valence-electron chi connectivity index (χ3n) is 4.18. The summed E-state index contributed by atoms with van der Waals surface area (Å²) in [4.78, 5) is 14.9. The average Bonchev–Trinajstić information content (AvgIpc) is 3.01. The molecule has 0 aliphatic rings. The Morgan fingerprint density at radius 3 is 2.84 bits per heavy atom. The van der Waals surface area contributed by atoms with Gasteiger partial charge in [-0.25, -0.2) is 0 Å². The number of aliphatic carboxylic acids is 1. The number of hydrogen-bond donors (Lipinski definition) is 3. The first-order valence-corrected chi connectivity index (χ1v) is 8.71. The van der Waals surface area contributed by atoms with Crippen LogP contribution in [0.4, 0.5) is 0 Å². The summed E-state index contributed by atoms with van der Waals surface area (Å²) in [5, 5.41) is 13.8. The molecule has 0 fully saturated rings. The fraction of sp³-hybridized carbons (Fsp3) is 0.211. The second kappa shape index (κ2) is 7.72. The average molecular weight is 403 g/mol. The maximum atomic E-state index is 11.7. The summed E-state index contributed by atoms with van der Waals surface area (Å²) in [5.74, 6) is -0.147. The molecule has 0 amide bonds. The Morgan fingerprint density at radius 2 is 2.08 bits per heavy atom. The number of fused-ring (bicyclic) bond motifs is 1. The van der Waals surface area contributed by atoms with Crippen molar-refractivity contribution >= 4 is 32.8 Å². The predicted octanol–water partition coefficient (Wildman–Crippen LogP) is 3.72. The molecule has 1 atom stereocenters. The summed E-state index contributed by atoms with van der Waals surface area (Å²) < 4.78 is 6.27. The Bertz CT molecular complexity index is 891. The van der Waals surface area contributed by atoms with E-state index in [0.717, 1.165) is 32.3 Å². The molecule has 2 aromatic carbocycles. The zero-order valence-electron chi connectivity index (χ0n) is 13.8. The second-order valence-corrected chi connectivity index (χ2v) is 6.71. The Kier molecular flexibility index (Phi) is 5.40. The molecule has 0 bridgehead atoms. The standard InChI is InChI=1S/C19H19BrN2O3/c1-25-18-7-6-14(20)8-13(18)11-22-17(19(23)24)9-12-10-21-16-5-3-2-4-15(12)16/h2-8,10,17,21-22H,9,11H2,1H3,(H,23,24)/t17-/m0/s1. The van der Waals surface area contributed by atoms with Crippen LogP contribution >= 0.6 is 15.9 Å². The summed E-state index contributed by atoms with van der Waals surface area (Å²) in [6.45, 7) is 0.405. The van der Waals surface area contributed by atoms with E-state index in [-0.39, 0.29) is 0 Å². The zero-order valence-corrected chi connectivity index (χ0v) is 15.3. The molecule has 3 rings (SSSR count). The van der Waals surface area contributed by atoms with Gasteiger partial charge in [0.1, 0.15) is 11.8 Å². The van der Waals surface area contributed by atoms with Crippen molar-refractivity contribution in [3.63, 3.8) is 0 Å². The molecule has 3 N–H and O–H groups in total. The first kappa shape index (κ1) is 17.5. The number of rotatable bonds is 7. The van der Waals surface area contributed by atoms with Crippen molar-refractivity contribution in [1.82, 2.24) is 10.3 Å². The van der Waals surface area contributed by atoms with Crippen molar-refractivity contribution in [2.75, 3.05) is 7.11 Å². The van der Waals surface area contributed by atoms with Crippen molar-refractivity contribution in [3.05, 3.63) is 64.3 Å². The molecule has 3 aromatic rings. The molecule has 0 unspecified atom stereocenters. The van der Waals surface area contributed by atoms with Crippen molar-refractivity contribution in [1.29, 1.82) is 0 Å².